The van der Waals surface area contributed by atoms with Crippen molar-refractivity contribution in [1.82, 2.24) is 15.5 Å². The molecule has 182 valence electrons. The number of carbonyl (C=O) groups is 2. The number of thioether (sulfide) groups is 1. The number of hydrogen-bond acceptors (Lipinski definition) is 4. The average Bonchev–Trinajstić information content (AvgIpc) is 2.81. The van der Waals surface area contributed by atoms with Crippen molar-refractivity contribution in [3.63, 3.8) is 0 Å². The van der Waals surface area contributed by atoms with E-state index in [1.54, 1.807) is 24.3 Å². The molecule has 0 radical (unpaired) electrons. The topological polar surface area (TPSA) is 61.4 Å². The van der Waals surface area contributed by atoms with E-state index in [4.69, 9.17) is 0 Å². The first-order valence-electron chi connectivity index (χ1n) is 12.5. The molecule has 33 heavy (non-hydrogen) atoms. The van der Waals surface area contributed by atoms with E-state index in [0.717, 1.165) is 32.5 Å². The van der Waals surface area contributed by atoms with Gasteiger partial charge >= 0.3 is 0 Å². The van der Waals surface area contributed by atoms with Crippen LogP contribution < -0.4 is 10.6 Å². The van der Waals surface area contributed by atoms with Crippen LogP contribution in [0.5, 0.6) is 0 Å². The average molecular weight is 476 g/mol. The van der Waals surface area contributed by atoms with Crippen LogP contribution >= 0.6 is 11.8 Å². The van der Waals surface area contributed by atoms with Crippen LogP contribution in [0.4, 0.5) is 4.39 Å². The second-order valence-corrected chi connectivity index (χ2v) is 10.4. The molecule has 5 nitrogen and oxygen atoms in total. The fourth-order valence-electron chi connectivity index (χ4n) is 4.54. The van der Waals surface area contributed by atoms with Crippen molar-refractivity contribution in [3.05, 3.63) is 40.6 Å². The summed E-state index contributed by atoms with van der Waals surface area (Å²) in [5.41, 5.74) is 0.425. The zero-order valence-electron chi connectivity index (χ0n) is 19.9. The molecule has 1 saturated carbocycles. The highest BCUT2D eigenvalue weighted by atomic mass is 32.2. The van der Waals surface area contributed by atoms with Gasteiger partial charge in [-0.2, -0.15) is 0 Å². The minimum Gasteiger partial charge on any atom is -0.355 e. The van der Waals surface area contributed by atoms with Gasteiger partial charge in [0.1, 0.15) is 5.82 Å². The van der Waals surface area contributed by atoms with Crippen molar-refractivity contribution in [2.24, 2.45) is 5.92 Å². The molecular weight excluding hydrogens is 437 g/mol. The molecule has 3 unspecified atom stereocenters. The third-order valence-corrected chi connectivity index (χ3v) is 7.98. The van der Waals surface area contributed by atoms with Crippen molar-refractivity contribution < 1.29 is 14.0 Å². The maximum absolute atomic E-state index is 14.0. The van der Waals surface area contributed by atoms with E-state index in [-0.39, 0.29) is 34.8 Å². The Morgan fingerprint density at radius 1 is 1.18 bits per heavy atom. The summed E-state index contributed by atoms with van der Waals surface area (Å²) in [7, 11) is 0. The first-order valence-corrected chi connectivity index (χ1v) is 13.3. The van der Waals surface area contributed by atoms with Gasteiger partial charge in [0, 0.05) is 35.9 Å². The fourth-order valence-corrected chi connectivity index (χ4v) is 5.83. The van der Waals surface area contributed by atoms with Crippen LogP contribution in [0.1, 0.15) is 64.4 Å². The van der Waals surface area contributed by atoms with Gasteiger partial charge in [-0.1, -0.05) is 44.9 Å². The summed E-state index contributed by atoms with van der Waals surface area (Å²) in [6.45, 7) is 8.15. The van der Waals surface area contributed by atoms with Gasteiger partial charge in [0.05, 0.1) is 4.91 Å². The van der Waals surface area contributed by atoms with Gasteiger partial charge in [-0.3, -0.25) is 9.59 Å². The van der Waals surface area contributed by atoms with E-state index >= 15 is 0 Å². The van der Waals surface area contributed by atoms with E-state index in [0.29, 0.717) is 23.4 Å². The number of carbonyl (C=O) groups excluding carboxylic acids is 2. The summed E-state index contributed by atoms with van der Waals surface area (Å²) in [6, 6.07) is 6.46. The summed E-state index contributed by atoms with van der Waals surface area (Å²) in [5, 5.41) is 6.44. The zero-order chi connectivity index (χ0) is 23.6. The first kappa shape index (κ1) is 25.8. The molecule has 1 saturated heterocycles. The Morgan fingerprint density at radius 3 is 2.61 bits per heavy atom. The highest BCUT2D eigenvalue weighted by Gasteiger charge is 2.39. The van der Waals surface area contributed by atoms with Crippen molar-refractivity contribution in [2.75, 3.05) is 26.2 Å². The molecule has 1 aromatic rings. The van der Waals surface area contributed by atoms with Gasteiger partial charge in [-0.15, -0.1) is 11.8 Å². The molecule has 0 bridgehead atoms. The molecule has 7 heteroatoms. The van der Waals surface area contributed by atoms with Crippen LogP contribution in [0.3, 0.4) is 0 Å². The fraction of sp³-hybridized carbons (Fsp3) is 0.615. The minimum absolute atomic E-state index is 0.0182. The lowest BCUT2D eigenvalue weighted by Gasteiger charge is -2.39. The molecule has 1 aliphatic carbocycles. The molecule has 0 spiro atoms. The van der Waals surface area contributed by atoms with E-state index < -0.39 is 0 Å². The van der Waals surface area contributed by atoms with Crippen molar-refractivity contribution in [1.29, 1.82) is 0 Å². The highest BCUT2D eigenvalue weighted by molar-refractivity contribution is 8.04. The summed E-state index contributed by atoms with van der Waals surface area (Å²) in [5.74, 6) is -0.466. The molecule has 2 N–H and O–H groups in total. The van der Waals surface area contributed by atoms with Gasteiger partial charge in [0.25, 0.3) is 5.91 Å². The molecule has 1 heterocycles. The second-order valence-electron chi connectivity index (χ2n) is 9.12. The van der Waals surface area contributed by atoms with Crippen LogP contribution in [0.15, 0.2) is 29.2 Å². The number of nitrogens with one attached hydrogen (secondary N) is 2. The van der Waals surface area contributed by atoms with Crippen LogP contribution in [0.2, 0.25) is 0 Å². The number of rotatable bonds is 11. The lowest BCUT2D eigenvalue weighted by atomic mass is 9.84. The van der Waals surface area contributed by atoms with Gasteiger partial charge in [-0.25, -0.2) is 4.39 Å². The van der Waals surface area contributed by atoms with Crippen LogP contribution in [0, 0.1) is 11.7 Å². The van der Waals surface area contributed by atoms with Crippen LogP contribution in [0.25, 0.3) is 6.08 Å². The first-order chi connectivity index (χ1) is 16.0. The number of hydrogen-bond donors (Lipinski definition) is 2. The lowest BCUT2D eigenvalue weighted by molar-refractivity contribution is -0.127. The van der Waals surface area contributed by atoms with E-state index in [1.165, 1.54) is 43.5 Å². The van der Waals surface area contributed by atoms with E-state index in [2.05, 4.69) is 29.4 Å². The molecular formula is C26H38FN3O2S. The Balaban J connectivity index is 1.48. The Morgan fingerprint density at radius 2 is 1.91 bits per heavy atom. The lowest BCUT2D eigenvalue weighted by Crippen LogP contribution is -2.52. The largest absolute Gasteiger partial charge is 0.355 e. The van der Waals surface area contributed by atoms with Crippen molar-refractivity contribution in [3.8, 4) is 0 Å². The summed E-state index contributed by atoms with van der Waals surface area (Å²) in [6.07, 6.45) is 8.72. The number of halogens is 1. The summed E-state index contributed by atoms with van der Waals surface area (Å²) >= 11 is 1.52. The molecule has 1 aromatic carbocycles. The molecule has 2 amide bonds. The second kappa shape index (κ2) is 13.1. The van der Waals surface area contributed by atoms with Crippen molar-refractivity contribution in [2.45, 2.75) is 70.1 Å². The SMILES string of the molecule is CCCCN(CCCC)CCNC(=O)C1CCC2S/C(=C/c3ccccc3F)C(=O)NC2C1. The molecule has 2 fully saturated rings. The summed E-state index contributed by atoms with van der Waals surface area (Å²) in [4.78, 5) is 28.4. The number of nitrogens with zero attached hydrogens (tertiary/aromatic N) is 1. The Hall–Kier alpha value is -1.86. The maximum Gasteiger partial charge on any atom is 0.257 e. The molecule has 3 rings (SSSR count). The third-order valence-electron chi connectivity index (χ3n) is 6.55. The molecule has 1 aliphatic heterocycles. The van der Waals surface area contributed by atoms with Crippen LogP contribution in [-0.2, 0) is 9.59 Å². The Labute approximate surface area is 202 Å². The van der Waals surface area contributed by atoms with Crippen molar-refractivity contribution >= 4 is 29.7 Å². The predicted octanol–water partition coefficient (Wildman–Crippen LogP) is 4.59. The van der Waals surface area contributed by atoms with E-state index in [1.807, 2.05) is 0 Å². The van der Waals surface area contributed by atoms with Gasteiger partial charge in [-0.05, 0) is 57.3 Å². The van der Waals surface area contributed by atoms with Crippen LogP contribution in [-0.4, -0.2) is 54.2 Å². The Kier molecular flexibility index (Phi) is 10.3. The maximum atomic E-state index is 14.0. The third kappa shape index (κ3) is 7.57. The molecule has 0 aromatic heterocycles. The highest BCUT2D eigenvalue weighted by Crippen LogP contribution is 2.40. The number of unbranched alkanes of at least 4 members (excludes halogenated alkanes) is 2. The van der Waals surface area contributed by atoms with Gasteiger partial charge in [0.15, 0.2) is 0 Å². The standard InChI is InChI=1S/C26H38FN3O2S/c1-3-5-14-30(15-6-4-2)16-13-28-25(31)20-11-12-23-22(17-20)29-26(32)24(33-23)18-19-9-7-8-10-21(19)27/h7-10,18,20,22-23H,3-6,11-17H2,1-2H3,(H,28,31)(H,29,32)/b24-18+. The Bertz CT molecular complexity index is 824. The predicted molar refractivity (Wildman–Crippen MR) is 134 cm³/mol. The smallest absolute Gasteiger partial charge is 0.257 e. The normalized spacial score (nSPS) is 23.9. The number of benzene rings is 1. The monoisotopic (exact) mass is 475 g/mol. The zero-order valence-corrected chi connectivity index (χ0v) is 20.8. The van der Waals surface area contributed by atoms with Gasteiger partial charge < -0.3 is 15.5 Å². The summed E-state index contributed by atoms with van der Waals surface area (Å²) < 4.78 is 14.0. The van der Waals surface area contributed by atoms with Gasteiger partial charge in [0.2, 0.25) is 5.91 Å². The van der Waals surface area contributed by atoms with E-state index in [9.17, 15) is 14.0 Å². The number of amides is 2. The molecule has 3 atom stereocenters. The molecule has 2 aliphatic rings. The minimum atomic E-state index is -0.330. The quantitative estimate of drug-likeness (QED) is 0.460. The number of fused-ring (bicyclic) bond motifs is 1.